The van der Waals surface area contributed by atoms with Gasteiger partial charge in [0.1, 0.15) is 0 Å². The number of hydrogen-bond acceptors (Lipinski definition) is 5. The van der Waals surface area contributed by atoms with Gasteiger partial charge in [-0.05, 0) is 5.92 Å². The van der Waals surface area contributed by atoms with Crippen LogP contribution in [0.1, 0.15) is 13.8 Å². The molecule has 0 aliphatic carbocycles. The van der Waals surface area contributed by atoms with Crippen LogP contribution in [0, 0.1) is 5.92 Å². The van der Waals surface area contributed by atoms with Crippen molar-refractivity contribution in [3.05, 3.63) is 30.3 Å². The number of rotatable bonds is 9. The van der Waals surface area contributed by atoms with Crippen molar-refractivity contribution in [3.63, 3.8) is 0 Å². The van der Waals surface area contributed by atoms with E-state index in [-0.39, 0.29) is 5.91 Å². The molecule has 0 aliphatic heterocycles. The second kappa shape index (κ2) is 9.44. The minimum absolute atomic E-state index is 0.0302. The van der Waals surface area contributed by atoms with Gasteiger partial charge in [-0.3, -0.25) is 4.79 Å². The van der Waals surface area contributed by atoms with Gasteiger partial charge >= 0.3 is 0 Å². The molecule has 1 N–H and O–H groups in total. The van der Waals surface area contributed by atoms with Gasteiger partial charge in [-0.15, -0.1) is 10.2 Å². The fourth-order valence-electron chi connectivity index (χ4n) is 2.20. The van der Waals surface area contributed by atoms with Crippen LogP contribution in [0.2, 0.25) is 0 Å². The molecule has 0 saturated carbocycles. The number of nitrogens with one attached hydrogen (secondary N) is 1. The average Bonchev–Trinajstić information content (AvgIpc) is 2.96. The first-order valence-corrected chi connectivity index (χ1v) is 8.97. The lowest BCUT2D eigenvalue weighted by molar-refractivity contribution is -0.118. The predicted octanol–water partition coefficient (Wildman–Crippen LogP) is 2.46. The van der Waals surface area contributed by atoms with Crippen molar-refractivity contribution in [3.8, 4) is 11.4 Å². The van der Waals surface area contributed by atoms with Gasteiger partial charge in [0.05, 0.1) is 12.4 Å². The zero-order valence-corrected chi connectivity index (χ0v) is 15.2. The van der Waals surface area contributed by atoms with Crippen LogP contribution in [0.15, 0.2) is 35.5 Å². The molecule has 7 heteroatoms. The summed E-state index contributed by atoms with van der Waals surface area (Å²) in [6.07, 6.45) is 0. The Morgan fingerprint density at radius 1 is 1.29 bits per heavy atom. The van der Waals surface area contributed by atoms with E-state index in [2.05, 4.69) is 33.9 Å². The standard InChI is InChI=1S/C17H24N4O2S/c1-13(2)11-21-16(14-7-5-4-6-8-14)19-20-17(21)24-12-15(22)18-9-10-23-3/h4-8,13H,9-12H2,1-3H3,(H,18,22). The second-order valence-electron chi connectivity index (χ2n) is 5.81. The minimum Gasteiger partial charge on any atom is -0.383 e. The summed E-state index contributed by atoms with van der Waals surface area (Å²) in [7, 11) is 1.61. The van der Waals surface area contributed by atoms with Crippen molar-refractivity contribution in [1.82, 2.24) is 20.1 Å². The third-order valence-corrected chi connectivity index (χ3v) is 4.22. The maximum atomic E-state index is 11.9. The molecule has 1 amide bonds. The Morgan fingerprint density at radius 3 is 2.71 bits per heavy atom. The largest absolute Gasteiger partial charge is 0.383 e. The molecule has 0 spiro atoms. The van der Waals surface area contributed by atoms with E-state index in [1.807, 2.05) is 30.3 Å². The zero-order valence-electron chi connectivity index (χ0n) is 14.4. The first kappa shape index (κ1) is 18.5. The summed E-state index contributed by atoms with van der Waals surface area (Å²) >= 11 is 1.41. The maximum Gasteiger partial charge on any atom is 0.230 e. The van der Waals surface area contributed by atoms with Crippen molar-refractivity contribution in [2.75, 3.05) is 26.0 Å². The van der Waals surface area contributed by atoms with Gasteiger partial charge in [0.25, 0.3) is 0 Å². The summed E-state index contributed by atoms with van der Waals surface area (Å²) in [5.41, 5.74) is 1.03. The number of carbonyl (C=O) groups excluding carboxylic acids is 1. The zero-order chi connectivity index (χ0) is 17.4. The molecule has 2 rings (SSSR count). The van der Waals surface area contributed by atoms with Crippen LogP contribution in [0.5, 0.6) is 0 Å². The second-order valence-corrected chi connectivity index (χ2v) is 6.75. The highest BCUT2D eigenvalue weighted by atomic mass is 32.2. The molecule has 0 saturated heterocycles. The van der Waals surface area contributed by atoms with Crippen molar-refractivity contribution in [1.29, 1.82) is 0 Å². The molecule has 0 bridgehead atoms. The number of carbonyl (C=O) groups is 1. The lowest BCUT2D eigenvalue weighted by atomic mass is 10.2. The monoisotopic (exact) mass is 348 g/mol. The molecule has 1 aromatic heterocycles. The van der Waals surface area contributed by atoms with E-state index >= 15 is 0 Å². The van der Waals surface area contributed by atoms with Crippen LogP contribution in [0.4, 0.5) is 0 Å². The molecule has 0 radical (unpaired) electrons. The summed E-state index contributed by atoms with van der Waals surface area (Å²) in [5, 5.41) is 12.2. The van der Waals surface area contributed by atoms with Crippen LogP contribution in [-0.4, -0.2) is 46.7 Å². The predicted molar refractivity (Wildman–Crippen MR) is 95.9 cm³/mol. The van der Waals surface area contributed by atoms with E-state index in [1.54, 1.807) is 7.11 Å². The van der Waals surface area contributed by atoms with E-state index in [0.29, 0.717) is 24.8 Å². The van der Waals surface area contributed by atoms with Gasteiger partial charge in [0.2, 0.25) is 5.91 Å². The topological polar surface area (TPSA) is 69.0 Å². The normalized spacial score (nSPS) is 11.0. The molecule has 1 heterocycles. The number of ether oxygens (including phenoxy) is 1. The first-order valence-electron chi connectivity index (χ1n) is 7.99. The van der Waals surface area contributed by atoms with Gasteiger partial charge in [-0.25, -0.2) is 0 Å². The quantitative estimate of drug-likeness (QED) is 0.557. The van der Waals surface area contributed by atoms with Crippen LogP contribution >= 0.6 is 11.8 Å². The molecular formula is C17H24N4O2S. The van der Waals surface area contributed by atoms with Crippen molar-refractivity contribution in [2.24, 2.45) is 5.92 Å². The Kier molecular flexibility index (Phi) is 7.27. The van der Waals surface area contributed by atoms with E-state index in [9.17, 15) is 4.79 Å². The Balaban J connectivity index is 2.09. The Hall–Kier alpha value is -1.86. The Morgan fingerprint density at radius 2 is 2.04 bits per heavy atom. The molecule has 1 aromatic carbocycles. The summed E-state index contributed by atoms with van der Waals surface area (Å²) in [5.74, 6) is 1.58. The molecular weight excluding hydrogens is 324 g/mol. The molecule has 0 unspecified atom stereocenters. The molecule has 0 fully saturated rings. The Bertz CT molecular complexity index is 643. The van der Waals surface area contributed by atoms with Gasteiger partial charge in [-0.1, -0.05) is 55.9 Å². The van der Waals surface area contributed by atoms with E-state index < -0.39 is 0 Å². The molecule has 0 atom stereocenters. The van der Waals surface area contributed by atoms with Crippen LogP contribution < -0.4 is 5.32 Å². The molecule has 130 valence electrons. The third-order valence-electron chi connectivity index (χ3n) is 3.26. The number of hydrogen-bond donors (Lipinski definition) is 1. The molecule has 2 aromatic rings. The first-order chi connectivity index (χ1) is 11.6. The highest BCUT2D eigenvalue weighted by molar-refractivity contribution is 7.99. The van der Waals surface area contributed by atoms with Gasteiger partial charge in [0.15, 0.2) is 11.0 Å². The van der Waals surface area contributed by atoms with Gasteiger partial charge in [-0.2, -0.15) is 0 Å². The van der Waals surface area contributed by atoms with E-state index in [1.165, 1.54) is 11.8 Å². The lowest BCUT2D eigenvalue weighted by Crippen LogP contribution is -2.28. The highest BCUT2D eigenvalue weighted by Gasteiger charge is 2.16. The maximum absolute atomic E-state index is 11.9. The lowest BCUT2D eigenvalue weighted by Gasteiger charge is -2.12. The average molecular weight is 348 g/mol. The summed E-state index contributed by atoms with van der Waals surface area (Å²) < 4.78 is 7.01. The number of thioether (sulfide) groups is 1. The summed E-state index contributed by atoms with van der Waals surface area (Å²) in [4.78, 5) is 11.9. The van der Waals surface area contributed by atoms with Crippen molar-refractivity contribution < 1.29 is 9.53 Å². The SMILES string of the molecule is COCCNC(=O)CSc1nnc(-c2ccccc2)n1CC(C)C. The summed E-state index contributed by atoms with van der Waals surface area (Å²) in [6.45, 7) is 6.15. The highest BCUT2D eigenvalue weighted by Crippen LogP contribution is 2.24. The fraction of sp³-hybridized carbons (Fsp3) is 0.471. The number of amides is 1. The number of methoxy groups -OCH3 is 1. The fourth-order valence-corrected chi connectivity index (χ4v) is 2.98. The van der Waals surface area contributed by atoms with Gasteiger partial charge < -0.3 is 14.6 Å². The van der Waals surface area contributed by atoms with Crippen LogP contribution in [0.25, 0.3) is 11.4 Å². The minimum atomic E-state index is -0.0302. The van der Waals surface area contributed by atoms with Crippen LogP contribution in [-0.2, 0) is 16.1 Å². The van der Waals surface area contributed by atoms with Crippen LogP contribution in [0.3, 0.4) is 0 Å². The van der Waals surface area contributed by atoms with Gasteiger partial charge in [0, 0.05) is 25.8 Å². The molecule has 24 heavy (non-hydrogen) atoms. The molecule has 0 aliphatic rings. The molecule has 6 nitrogen and oxygen atoms in total. The van der Waals surface area contributed by atoms with E-state index in [0.717, 1.165) is 23.1 Å². The van der Waals surface area contributed by atoms with Crippen molar-refractivity contribution >= 4 is 17.7 Å². The number of benzene rings is 1. The Labute approximate surface area is 147 Å². The smallest absolute Gasteiger partial charge is 0.230 e. The number of nitrogens with zero attached hydrogens (tertiary/aromatic N) is 3. The van der Waals surface area contributed by atoms with Crippen molar-refractivity contribution in [2.45, 2.75) is 25.5 Å². The number of aromatic nitrogens is 3. The third kappa shape index (κ3) is 5.35. The van der Waals surface area contributed by atoms with E-state index in [4.69, 9.17) is 4.74 Å². The summed E-state index contributed by atoms with van der Waals surface area (Å²) in [6, 6.07) is 9.99.